The van der Waals surface area contributed by atoms with Crippen molar-refractivity contribution in [1.82, 2.24) is 19.5 Å². The van der Waals surface area contributed by atoms with Crippen molar-refractivity contribution >= 4 is 60.3 Å². The maximum Gasteiger partial charge on any atom is 0 e. The van der Waals surface area contributed by atoms with E-state index in [-0.39, 0.29) is 25.9 Å². The van der Waals surface area contributed by atoms with Crippen LogP contribution in [0.2, 0.25) is 17.3 Å². The van der Waals surface area contributed by atoms with Crippen molar-refractivity contribution in [3.63, 3.8) is 0 Å². The van der Waals surface area contributed by atoms with E-state index in [4.69, 9.17) is 4.98 Å². The first-order valence-electron chi connectivity index (χ1n) is 15.8. The van der Waals surface area contributed by atoms with Gasteiger partial charge in [-0.3, -0.25) is 4.98 Å². The summed E-state index contributed by atoms with van der Waals surface area (Å²) in [5.41, 5.74) is 6.67. The van der Waals surface area contributed by atoms with Gasteiger partial charge in [-0.25, -0.2) is 9.37 Å². The maximum absolute atomic E-state index is 13.9. The second kappa shape index (κ2) is 14.4. The van der Waals surface area contributed by atoms with Crippen LogP contribution in [0.4, 0.5) is 8.78 Å². The van der Waals surface area contributed by atoms with Crippen LogP contribution >= 0.6 is 11.3 Å². The normalized spacial score (nSPS) is 11.4. The van der Waals surface area contributed by atoms with Crippen LogP contribution in [0, 0.1) is 23.9 Å². The number of hydrogen-bond donors (Lipinski definition) is 0. The molecular formula is C40H32F2GeIrN4S-2. The Labute approximate surface area is 304 Å². The van der Waals surface area contributed by atoms with Gasteiger partial charge in [0.15, 0.2) is 0 Å². The molecule has 1 radical (unpaired) electrons. The summed E-state index contributed by atoms with van der Waals surface area (Å²) in [5.74, 6) is 7.15. The number of halogens is 2. The largest absolute Gasteiger partial charge is 0 e. The quantitative estimate of drug-likeness (QED) is 0.0982. The first kappa shape index (κ1) is 34.8. The van der Waals surface area contributed by atoms with Gasteiger partial charge < -0.3 is 4.57 Å². The van der Waals surface area contributed by atoms with E-state index >= 15 is 0 Å². The average Bonchev–Trinajstić information content (AvgIpc) is 3.67. The fourth-order valence-corrected chi connectivity index (χ4v) is 9.19. The molecule has 49 heavy (non-hydrogen) atoms. The van der Waals surface area contributed by atoms with Gasteiger partial charge in [0.1, 0.15) is 10.6 Å². The van der Waals surface area contributed by atoms with E-state index in [1.807, 2.05) is 54.7 Å². The Balaban J connectivity index is 0.000000208. The van der Waals surface area contributed by atoms with E-state index in [0.717, 1.165) is 66.8 Å². The number of rotatable bonds is 5. The summed E-state index contributed by atoms with van der Waals surface area (Å²) >= 11 is -0.287. The minimum absolute atomic E-state index is 0. The molecule has 0 saturated heterocycles. The molecule has 0 N–H and O–H groups in total. The van der Waals surface area contributed by atoms with E-state index in [9.17, 15) is 8.78 Å². The number of aromatic nitrogens is 4. The minimum Gasteiger partial charge on any atom is 0 e. The molecule has 0 aliphatic carbocycles. The fourth-order valence-electron chi connectivity index (χ4n) is 5.84. The number of fused-ring (bicyclic) bond motifs is 4. The number of thiophene rings is 1. The number of imidazole rings is 1. The monoisotopic (exact) mass is 905 g/mol. The molecule has 0 spiro atoms. The van der Waals surface area contributed by atoms with Gasteiger partial charge >= 0.3 is 99.8 Å². The molecule has 247 valence electrons. The zero-order chi connectivity index (χ0) is 33.4. The Kier molecular flexibility index (Phi) is 10.2. The Morgan fingerprint density at radius 2 is 1.61 bits per heavy atom. The summed E-state index contributed by atoms with van der Waals surface area (Å²) < 4.78 is 32.0. The topological polar surface area (TPSA) is 43.6 Å². The molecule has 4 nitrogen and oxygen atoms in total. The average molecular weight is 904 g/mol. The van der Waals surface area contributed by atoms with Crippen molar-refractivity contribution in [2.75, 3.05) is 0 Å². The van der Waals surface area contributed by atoms with Crippen LogP contribution in [0.3, 0.4) is 0 Å². The first-order chi connectivity index (χ1) is 23.2. The summed E-state index contributed by atoms with van der Waals surface area (Å²) in [5, 5.41) is 1.81. The van der Waals surface area contributed by atoms with Crippen molar-refractivity contribution in [3.05, 3.63) is 133 Å². The molecule has 0 bridgehead atoms. The van der Waals surface area contributed by atoms with E-state index in [1.165, 1.54) is 33.9 Å². The second-order valence-electron chi connectivity index (χ2n) is 12.5. The van der Waals surface area contributed by atoms with Crippen molar-refractivity contribution in [3.8, 4) is 33.8 Å². The number of benzene rings is 4. The number of hydrogen-bond acceptors (Lipinski definition) is 4. The molecule has 4 aromatic heterocycles. The second-order valence-corrected chi connectivity index (χ2v) is 24.2. The molecule has 9 heteroatoms. The third-order valence-corrected chi connectivity index (χ3v) is 13.7. The molecule has 8 aromatic rings. The van der Waals surface area contributed by atoms with Crippen LogP contribution in [0.15, 0.2) is 109 Å². The Bertz CT molecular complexity index is 2380. The Hall–Kier alpha value is -4.08. The summed E-state index contributed by atoms with van der Waals surface area (Å²) in [6.45, 7) is 2.84. The molecule has 4 heterocycles. The van der Waals surface area contributed by atoms with Gasteiger partial charge in [0.05, 0.1) is 16.9 Å². The van der Waals surface area contributed by atoms with Crippen LogP contribution < -0.4 is 4.40 Å². The molecule has 8 rings (SSSR count). The van der Waals surface area contributed by atoms with Crippen LogP contribution in [0.25, 0.3) is 65.1 Å². The number of nitrogens with zero attached hydrogens (tertiary/aromatic N) is 4. The molecule has 0 saturated carbocycles. The summed E-state index contributed by atoms with van der Waals surface area (Å²) in [4.78, 5) is 14.2. The standard InChI is InChI=1S/C26H16F2N3S.C14H16GeN.Ir/c1-2-31-21-6-4-3-5-20(21)29-25(31)19-12-11-17(15-7-9-16(27)10-8-15)23-18-13-14-22(28)30-26(18)32-24(19)23;1-15(2,3)13-9-10-14(16-11-13)12-7-5-4-6-8-12;/h3-11,13-14H,2H2,1H3;4-7,9-11H,1-3H3;/q2*-1;. The molecule has 0 fully saturated rings. The Morgan fingerprint density at radius 1 is 0.837 bits per heavy atom. The van der Waals surface area contributed by atoms with Gasteiger partial charge in [0.2, 0.25) is 5.95 Å². The van der Waals surface area contributed by atoms with Gasteiger partial charge in [-0.2, -0.15) is 15.7 Å². The molecule has 0 unspecified atom stereocenters. The van der Waals surface area contributed by atoms with E-state index in [1.54, 1.807) is 18.2 Å². The van der Waals surface area contributed by atoms with Crippen molar-refractivity contribution in [2.24, 2.45) is 0 Å². The Morgan fingerprint density at radius 3 is 2.31 bits per heavy atom. The van der Waals surface area contributed by atoms with Crippen LogP contribution in [-0.2, 0) is 26.7 Å². The fraction of sp³-hybridized carbons (Fsp3) is 0.125. The van der Waals surface area contributed by atoms with Crippen molar-refractivity contribution < 1.29 is 28.9 Å². The summed E-state index contributed by atoms with van der Waals surface area (Å²) in [6.07, 6.45) is 2.04. The summed E-state index contributed by atoms with van der Waals surface area (Å²) in [7, 11) is 0. The van der Waals surface area contributed by atoms with Gasteiger partial charge in [-0.05, 0) is 48.0 Å². The van der Waals surface area contributed by atoms with Gasteiger partial charge in [0.25, 0.3) is 0 Å². The SMILES string of the molecule is CCn1c(-c2[c-]cc(-c3ccc(F)cc3)c3c2sc2nc(F)ccc23)nc2ccccc21.[CH3][Ge]([CH3])([CH3])[c]1ccc(-c2[c-]cccc2)nc1.[Ir]. The van der Waals surface area contributed by atoms with Gasteiger partial charge in [0, 0.05) is 32.0 Å². The number of pyridine rings is 2. The third kappa shape index (κ3) is 7.01. The number of para-hydroxylation sites is 2. The zero-order valence-corrected chi connectivity index (χ0v) is 32.7. The molecule has 0 atom stereocenters. The maximum atomic E-state index is 13.9. The predicted octanol–water partition coefficient (Wildman–Crippen LogP) is 10.3. The van der Waals surface area contributed by atoms with Crippen LogP contribution in [0.1, 0.15) is 6.92 Å². The van der Waals surface area contributed by atoms with E-state index < -0.39 is 19.2 Å². The molecule has 0 aliphatic heterocycles. The zero-order valence-electron chi connectivity index (χ0n) is 27.4. The summed E-state index contributed by atoms with van der Waals surface area (Å²) in [6, 6.07) is 38.4. The van der Waals surface area contributed by atoms with Crippen molar-refractivity contribution in [2.45, 2.75) is 30.7 Å². The predicted molar refractivity (Wildman–Crippen MR) is 197 cm³/mol. The van der Waals surface area contributed by atoms with Crippen molar-refractivity contribution in [1.29, 1.82) is 0 Å². The smallest absolute Gasteiger partial charge is 0 e. The van der Waals surface area contributed by atoms with E-state index in [0.29, 0.717) is 4.83 Å². The third-order valence-electron chi connectivity index (χ3n) is 8.34. The van der Waals surface area contributed by atoms with Gasteiger partial charge in [-0.15, -0.1) is 12.1 Å². The molecular weight excluding hydrogens is 871 g/mol. The molecule has 0 aliphatic rings. The van der Waals surface area contributed by atoms with Crippen LogP contribution in [-0.4, -0.2) is 32.8 Å². The van der Waals surface area contributed by atoms with E-state index in [2.05, 4.69) is 69.1 Å². The first-order valence-corrected chi connectivity index (χ1v) is 24.0. The minimum atomic E-state index is -1.72. The molecule has 0 amide bonds. The van der Waals surface area contributed by atoms with Crippen LogP contribution in [0.5, 0.6) is 0 Å². The number of aryl methyl sites for hydroxylation is 1. The van der Waals surface area contributed by atoms with Gasteiger partial charge in [-0.1, -0.05) is 46.3 Å². The molecule has 4 aromatic carbocycles.